The molecule has 0 unspecified atom stereocenters. The van der Waals surface area contributed by atoms with Crippen molar-refractivity contribution in [1.29, 1.82) is 10.5 Å². The summed E-state index contributed by atoms with van der Waals surface area (Å²) in [6, 6.07) is 11.9. The highest BCUT2D eigenvalue weighted by molar-refractivity contribution is 7.10. The van der Waals surface area contributed by atoms with Crippen LogP contribution < -0.4 is 0 Å². The van der Waals surface area contributed by atoms with Gasteiger partial charge in [0, 0.05) is 10.9 Å². The second kappa shape index (κ2) is 4.78. The minimum atomic E-state index is -0.765. The van der Waals surface area contributed by atoms with Gasteiger partial charge < -0.3 is 0 Å². The molecule has 0 aliphatic carbocycles. The van der Waals surface area contributed by atoms with Crippen LogP contribution in [0.15, 0.2) is 29.6 Å². The highest BCUT2D eigenvalue weighted by Gasteiger charge is 2.14. The van der Waals surface area contributed by atoms with Crippen molar-refractivity contribution in [2.45, 2.75) is 12.8 Å². The van der Waals surface area contributed by atoms with E-state index in [0.717, 1.165) is 11.3 Å². The van der Waals surface area contributed by atoms with Gasteiger partial charge in [-0.3, -0.25) is 0 Å². The summed E-state index contributed by atoms with van der Waals surface area (Å²) in [5.41, 5.74) is 3.02. The molecule has 0 aliphatic rings. The van der Waals surface area contributed by atoms with Gasteiger partial charge in [0.25, 0.3) is 0 Å². The molecule has 2 aromatic rings. The first-order valence-electron chi connectivity index (χ1n) is 5.06. The minimum Gasteiger partial charge on any atom is -0.239 e. The molecule has 0 saturated heterocycles. The largest absolute Gasteiger partial charge is 0.239 e. The lowest BCUT2D eigenvalue weighted by atomic mass is 10.1. The number of thiazole rings is 1. The topological polar surface area (TPSA) is 60.5 Å². The second-order valence-electron chi connectivity index (χ2n) is 3.63. The zero-order valence-corrected chi connectivity index (χ0v) is 10.0. The lowest BCUT2D eigenvalue weighted by molar-refractivity contribution is 1.07. The normalized spacial score (nSPS) is 9.88. The van der Waals surface area contributed by atoms with Crippen LogP contribution in [0.4, 0.5) is 0 Å². The van der Waals surface area contributed by atoms with Gasteiger partial charge in [-0.05, 0) is 6.92 Å². The predicted octanol–water partition coefficient (Wildman–Crippen LogP) is 3.25. The number of nitrogens with zero attached hydrogens (tertiary/aromatic N) is 3. The molecule has 82 valence electrons. The fourth-order valence-corrected chi connectivity index (χ4v) is 2.23. The van der Waals surface area contributed by atoms with Crippen molar-refractivity contribution < 1.29 is 0 Å². The Morgan fingerprint density at radius 3 is 2.41 bits per heavy atom. The van der Waals surface area contributed by atoms with Crippen molar-refractivity contribution >= 4 is 11.3 Å². The number of nitriles is 2. The fourth-order valence-electron chi connectivity index (χ4n) is 1.42. The molecule has 0 fully saturated rings. The van der Waals surface area contributed by atoms with Gasteiger partial charge in [-0.2, -0.15) is 10.5 Å². The lowest BCUT2D eigenvalue weighted by Gasteiger charge is -1.97. The van der Waals surface area contributed by atoms with Crippen LogP contribution in [0, 0.1) is 29.6 Å². The lowest BCUT2D eigenvalue weighted by Crippen LogP contribution is -1.90. The molecule has 0 bridgehead atoms. The van der Waals surface area contributed by atoms with Gasteiger partial charge in [0.15, 0.2) is 5.92 Å². The quantitative estimate of drug-likeness (QED) is 0.808. The van der Waals surface area contributed by atoms with E-state index in [-0.39, 0.29) is 0 Å². The summed E-state index contributed by atoms with van der Waals surface area (Å²) in [6.07, 6.45) is 0. The number of aryl methyl sites for hydroxylation is 1. The van der Waals surface area contributed by atoms with Gasteiger partial charge in [0.2, 0.25) is 0 Å². The summed E-state index contributed by atoms with van der Waals surface area (Å²) in [4.78, 5) is 4.33. The van der Waals surface area contributed by atoms with Crippen LogP contribution in [-0.2, 0) is 0 Å². The summed E-state index contributed by atoms with van der Waals surface area (Å²) < 4.78 is 0. The zero-order valence-electron chi connectivity index (χ0n) is 9.21. The molecule has 3 nitrogen and oxygen atoms in total. The number of hydrogen-bond donors (Lipinski definition) is 0. The molecule has 2 rings (SSSR count). The minimum absolute atomic E-state index is 0.561. The third kappa shape index (κ3) is 2.33. The third-order valence-corrected chi connectivity index (χ3v) is 3.28. The maximum absolute atomic E-state index is 8.79. The Bertz CT molecular complexity index is 585. The molecule has 17 heavy (non-hydrogen) atoms. The van der Waals surface area contributed by atoms with E-state index in [2.05, 4.69) is 4.98 Å². The van der Waals surface area contributed by atoms with Gasteiger partial charge in [-0.25, -0.2) is 4.98 Å². The molecule has 0 aliphatic heterocycles. The maximum Gasteiger partial charge on any atom is 0.184 e. The monoisotopic (exact) mass is 239 g/mol. The van der Waals surface area contributed by atoms with Crippen LogP contribution in [0.25, 0.3) is 11.3 Å². The van der Waals surface area contributed by atoms with E-state index in [4.69, 9.17) is 10.5 Å². The van der Waals surface area contributed by atoms with Crippen LogP contribution in [0.5, 0.6) is 0 Å². The Labute approximate surface area is 104 Å². The smallest absolute Gasteiger partial charge is 0.184 e. The molecule has 0 amide bonds. The number of aromatic nitrogens is 1. The van der Waals surface area contributed by atoms with Gasteiger partial charge in [0.05, 0.1) is 17.8 Å². The van der Waals surface area contributed by atoms with Crippen molar-refractivity contribution in [3.05, 3.63) is 40.2 Å². The van der Waals surface area contributed by atoms with E-state index in [1.165, 1.54) is 16.9 Å². The van der Waals surface area contributed by atoms with Crippen LogP contribution in [0.3, 0.4) is 0 Å². The third-order valence-electron chi connectivity index (χ3n) is 2.37. The Hall–Kier alpha value is -2.17. The van der Waals surface area contributed by atoms with Crippen LogP contribution >= 0.6 is 11.3 Å². The van der Waals surface area contributed by atoms with Crippen molar-refractivity contribution in [3.63, 3.8) is 0 Å². The first-order chi connectivity index (χ1) is 8.24. The molecule has 1 aromatic heterocycles. The second-order valence-corrected chi connectivity index (χ2v) is 4.52. The van der Waals surface area contributed by atoms with E-state index < -0.39 is 5.92 Å². The van der Waals surface area contributed by atoms with Gasteiger partial charge in [-0.1, -0.05) is 29.8 Å². The summed E-state index contributed by atoms with van der Waals surface area (Å²) in [6.45, 7) is 2.03. The van der Waals surface area contributed by atoms with E-state index in [1.807, 2.05) is 48.7 Å². The molecule has 0 radical (unpaired) electrons. The van der Waals surface area contributed by atoms with E-state index >= 15 is 0 Å². The Morgan fingerprint density at radius 1 is 1.18 bits per heavy atom. The molecule has 0 spiro atoms. The number of hydrogen-bond acceptors (Lipinski definition) is 4. The highest BCUT2D eigenvalue weighted by atomic mass is 32.1. The summed E-state index contributed by atoms with van der Waals surface area (Å²) in [7, 11) is 0. The average Bonchev–Trinajstić information content (AvgIpc) is 2.81. The molecule has 1 heterocycles. The molecular formula is C13H9N3S. The van der Waals surface area contributed by atoms with Gasteiger partial charge in [-0.15, -0.1) is 11.3 Å². The first-order valence-corrected chi connectivity index (χ1v) is 5.94. The van der Waals surface area contributed by atoms with Crippen LogP contribution in [-0.4, -0.2) is 4.98 Å². The zero-order chi connectivity index (χ0) is 12.3. The summed E-state index contributed by atoms with van der Waals surface area (Å²) in [5, 5.41) is 20.0. The maximum atomic E-state index is 8.79. The fraction of sp³-hybridized carbons (Fsp3) is 0.154. The first kappa shape index (κ1) is 11.3. The van der Waals surface area contributed by atoms with Crippen LogP contribution in [0.2, 0.25) is 0 Å². The Balaban J connectivity index is 2.34. The van der Waals surface area contributed by atoms with Gasteiger partial charge >= 0.3 is 0 Å². The summed E-state index contributed by atoms with van der Waals surface area (Å²) >= 11 is 1.35. The van der Waals surface area contributed by atoms with E-state index in [0.29, 0.717) is 5.01 Å². The number of benzene rings is 1. The molecule has 0 atom stereocenters. The van der Waals surface area contributed by atoms with E-state index in [9.17, 15) is 0 Å². The van der Waals surface area contributed by atoms with E-state index in [1.54, 1.807) is 0 Å². The van der Waals surface area contributed by atoms with Crippen molar-refractivity contribution in [2.75, 3.05) is 0 Å². The summed E-state index contributed by atoms with van der Waals surface area (Å²) in [5.74, 6) is -0.765. The molecule has 0 N–H and O–H groups in total. The SMILES string of the molecule is Cc1ccc(-c2csc(C(C#N)C#N)n2)cc1. The molecule has 1 aromatic carbocycles. The van der Waals surface area contributed by atoms with Crippen molar-refractivity contribution in [2.24, 2.45) is 0 Å². The number of rotatable bonds is 2. The van der Waals surface area contributed by atoms with Gasteiger partial charge in [0.1, 0.15) is 5.01 Å². The molecular weight excluding hydrogens is 230 g/mol. The Kier molecular flexibility index (Phi) is 3.18. The average molecular weight is 239 g/mol. The predicted molar refractivity (Wildman–Crippen MR) is 66.3 cm³/mol. The van der Waals surface area contributed by atoms with Crippen LogP contribution in [0.1, 0.15) is 16.5 Å². The van der Waals surface area contributed by atoms with Crippen molar-refractivity contribution in [1.82, 2.24) is 4.98 Å². The standard InChI is InChI=1S/C13H9N3S/c1-9-2-4-10(5-3-9)12-8-17-13(16-12)11(6-14)7-15/h2-5,8,11H,1H3. The van der Waals surface area contributed by atoms with Crippen molar-refractivity contribution in [3.8, 4) is 23.4 Å². The highest BCUT2D eigenvalue weighted by Crippen LogP contribution is 2.26. The Morgan fingerprint density at radius 2 is 1.82 bits per heavy atom. The molecule has 4 heteroatoms. The molecule has 0 saturated carbocycles.